The summed E-state index contributed by atoms with van der Waals surface area (Å²) in [5.74, 6) is 0.571. The summed E-state index contributed by atoms with van der Waals surface area (Å²) in [6.07, 6.45) is 0. The first kappa shape index (κ1) is 17.7. The molecule has 2 heterocycles. The van der Waals surface area contributed by atoms with Crippen LogP contribution in [-0.2, 0) is 13.6 Å². The second kappa shape index (κ2) is 7.12. The number of hydrogen-bond donors (Lipinski definition) is 0. The van der Waals surface area contributed by atoms with Gasteiger partial charge >= 0.3 is 0 Å². The number of nitrogens with zero attached hydrogens (tertiary/aromatic N) is 4. The van der Waals surface area contributed by atoms with Gasteiger partial charge in [0, 0.05) is 32.7 Å². The van der Waals surface area contributed by atoms with Crippen molar-refractivity contribution in [2.75, 3.05) is 24.5 Å². The quantitative estimate of drug-likeness (QED) is 0.715. The fourth-order valence-electron chi connectivity index (χ4n) is 3.74. The van der Waals surface area contributed by atoms with E-state index in [1.165, 1.54) is 6.07 Å². The first-order chi connectivity index (χ1) is 13.0. The zero-order valence-corrected chi connectivity index (χ0v) is 15.6. The molecule has 1 fully saturated rings. The van der Waals surface area contributed by atoms with Crippen LogP contribution in [0.4, 0.5) is 10.1 Å². The molecule has 1 saturated heterocycles. The third kappa shape index (κ3) is 3.32. The topological polar surface area (TPSA) is 41.4 Å². The molecule has 6 heteroatoms. The molecule has 2 aromatic carbocycles. The number of aromatic nitrogens is 2. The van der Waals surface area contributed by atoms with E-state index >= 15 is 0 Å². The molecule has 1 aliphatic rings. The number of hydrogen-bond acceptors (Lipinski definition) is 4. The lowest BCUT2D eigenvalue weighted by molar-refractivity contribution is 0.174. The van der Waals surface area contributed by atoms with E-state index in [0.29, 0.717) is 17.6 Å². The van der Waals surface area contributed by atoms with Gasteiger partial charge in [0.05, 0.1) is 23.1 Å². The Labute approximate surface area is 157 Å². The summed E-state index contributed by atoms with van der Waals surface area (Å²) in [4.78, 5) is 21.7. The molecular weight excluding hydrogens is 343 g/mol. The molecule has 1 aromatic heterocycles. The Hall–Kier alpha value is -2.73. The van der Waals surface area contributed by atoms with Crippen LogP contribution in [0.15, 0.2) is 53.3 Å². The van der Waals surface area contributed by atoms with Crippen LogP contribution in [0, 0.1) is 5.82 Å². The van der Waals surface area contributed by atoms with Gasteiger partial charge in [-0.3, -0.25) is 14.3 Å². The number of anilines is 1. The van der Waals surface area contributed by atoms with Crippen molar-refractivity contribution in [1.29, 1.82) is 0 Å². The molecule has 0 spiro atoms. The third-order valence-corrected chi connectivity index (χ3v) is 5.38. The van der Waals surface area contributed by atoms with E-state index in [-0.39, 0.29) is 17.4 Å². The monoisotopic (exact) mass is 366 g/mol. The Balaban J connectivity index is 1.55. The van der Waals surface area contributed by atoms with E-state index in [0.717, 1.165) is 31.0 Å². The summed E-state index contributed by atoms with van der Waals surface area (Å²) in [7, 11) is 1.78. The second-order valence-corrected chi connectivity index (χ2v) is 7.13. The van der Waals surface area contributed by atoms with Gasteiger partial charge in [0.2, 0.25) is 0 Å². The molecule has 140 valence electrons. The van der Waals surface area contributed by atoms with Crippen molar-refractivity contribution < 1.29 is 4.39 Å². The average molecular weight is 366 g/mol. The fraction of sp³-hybridized carbons (Fsp3) is 0.333. The van der Waals surface area contributed by atoms with E-state index in [4.69, 9.17) is 4.98 Å². The number of para-hydroxylation sites is 2. The SMILES string of the molecule is CC1CN(c2ccccc2F)CCN1Cc1nc2ccccc2c(=O)n1C. The Kier molecular flexibility index (Phi) is 4.66. The largest absolute Gasteiger partial charge is 0.366 e. The summed E-state index contributed by atoms with van der Waals surface area (Å²) < 4.78 is 15.7. The van der Waals surface area contributed by atoms with Gasteiger partial charge in [0.1, 0.15) is 11.6 Å². The maximum absolute atomic E-state index is 14.1. The normalized spacial score (nSPS) is 18.2. The molecule has 0 radical (unpaired) electrons. The Morgan fingerprint density at radius 2 is 1.85 bits per heavy atom. The summed E-state index contributed by atoms with van der Waals surface area (Å²) in [5, 5.41) is 0.640. The van der Waals surface area contributed by atoms with Gasteiger partial charge < -0.3 is 4.90 Å². The van der Waals surface area contributed by atoms with Gasteiger partial charge in [-0.05, 0) is 31.2 Å². The average Bonchev–Trinajstić information content (AvgIpc) is 2.68. The summed E-state index contributed by atoms with van der Waals surface area (Å²) in [5.41, 5.74) is 1.36. The molecule has 1 unspecified atom stereocenters. The highest BCUT2D eigenvalue weighted by Gasteiger charge is 2.26. The predicted molar refractivity (Wildman–Crippen MR) is 105 cm³/mol. The zero-order chi connectivity index (χ0) is 19.0. The summed E-state index contributed by atoms with van der Waals surface area (Å²) in [6, 6.07) is 14.6. The molecule has 1 atom stereocenters. The van der Waals surface area contributed by atoms with Crippen molar-refractivity contribution in [2.24, 2.45) is 7.05 Å². The van der Waals surface area contributed by atoms with E-state index < -0.39 is 0 Å². The van der Waals surface area contributed by atoms with Gasteiger partial charge in [-0.15, -0.1) is 0 Å². The molecule has 0 aliphatic carbocycles. The lowest BCUT2D eigenvalue weighted by Crippen LogP contribution is -2.52. The number of halogens is 1. The van der Waals surface area contributed by atoms with Crippen LogP contribution >= 0.6 is 0 Å². The van der Waals surface area contributed by atoms with Crippen LogP contribution in [-0.4, -0.2) is 40.1 Å². The van der Waals surface area contributed by atoms with Crippen LogP contribution in [0.3, 0.4) is 0 Å². The minimum atomic E-state index is -0.184. The van der Waals surface area contributed by atoms with Crippen LogP contribution in [0.1, 0.15) is 12.7 Å². The smallest absolute Gasteiger partial charge is 0.261 e. The van der Waals surface area contributed by atoms with E-state index in [2.05, 4.69) is 16.7 Å². The van der Waals surface area contributed by atoms with Gasteiger partial charge in [-0.2, -0.15) is 0 Å². The summed E-state index contributed by atoms with van der Waals surface area (Å²) in [6.45, 7) is 5.00. The number of piperazine rings is 1. The molecule has 1 aliphatic heterocycles. The Morgan fingerprint density at radius 3 is 2.63 bits per heavy atom. The predicted octanol–water partition coefficient (Wildman–Crippen LogP) is 2.78. The first-order valence-corrected chi connectivity index (χ1v) is 9.23. The molecule has 4 rings (SSSR count). The molecule has 27 heavy (non-hydrogen) atoms. The molecule has 5 nitrogen and oxygen atoms in total. The molecule has 3 aromatic rings. The molecular formula is C21H23FN4O. The van der Waals surface area contributed by atoms with Crippen molar-refractivity contribution in [2.45, 2.75) is 19.5 Å². The van der Waals surface area contributed by atoms with Gasteiger partial charge in [-0.25, -0.2) is 9.37 Å². The van der Waals surface area contributed by atoms with Crippen molar-refractivity contribution in [3.8, 4) is 0 Å². The van der Waals surface area contributed by atoms with E-state index in [9.17, 15) is 9.18 Å². The van der Waals surface area contributed by atoms with Crippen LogP contribution < -0.4 is 10.5 Å². The third-order valence-electron chi connectivity index (χ3n) is 5.38. The number of fused-ring (bicyclic) bond motifs is 1. The van der Waals surface area contributed by atoms with Crippen LogP contribution in [0.25, 0.3) is 10.9 Å². The Bertz CT molecular complexity index is 1030. The van der Waals surface area contributed by atoms with Crippen molar-refractivity contribution in [1.82, 2.24) is 14.5 Å². The zero-order valence-electron chi connectivity index (χ0n) is 15.6. The molecule has 0 amide bonds. The minimum absolute atomic E-state index is 0.0201. The standard InChI is InChI=1S/C21H23FN4O/c1-15-13-26(19-10-6-4-8-17(19)22)12-11-25(15)14-20-23-18-9-5-3-7-16(18)21(27)24(20)2/h3-10,15H,11-14H2,1-2H3. The lowest BCUT2D eigenvalue weighted by Gasteiger charge is -2.41. The van der Waals surface area contributed by atoms with Crippen LogP contribution in [0.2, 0.25) is 0 Å². The van der Waals surface area contributed by atoms with E-state index in [1.807, 2.05) is 36.4 Å². The highest BCUT2D eigenvalue weighted by atomic mass is 19.1. The van der Waals surface area contributed by atoms with Crippen molar-refractivity contribution in [3.63, 3.8) is 0 Å². The maximum Gasteiger partial charge on any atom is 0.261 e. The second-order valence-electron chi connectivity index (χ2n) is 7.13. The van der Waals surface area contributed by atoms with Gasteiger partial charge in [0.15, 0.2) is 0 Å². The Morgan fingerprint density at radius 1 is 1.11 bits per heavy atom. The maximum atomic E-state index is 14.1. The fourth-order valence-corrected chi connectivity index (χ4v) is 3.74. The molecule has 0 saturated carbocycles. The number of rotatable bonds is 3. The van der Waals surface area contributed by atoms with Gasteiger partial charge in [-0.1, -0.05) is 24.3 Å². The molecule has 0 N–H and O–H groups in total. The van der Waals surface area contributed by atoms with E-state index in [1.54, 1.807) is 17.7 Å². The van der Waals surface area contributed by atoms with Gasteiger partial charge in [0.25, 0.3) is 5.56 Å². The first-order valence-electron chi connectivity index (χ1n) is 9.23. The minimum Gasteiger partial charge on any atom is -0.366 e. The van der Waals surface area contributed by atoms with Crippen LogP contribution in [0.5, 0.6) is 0 Å². The van der Waals surface area contributed by atoms with Crippen molar-refractivity contribution >= 4 is 16.6 Å². The lowest BCUT2D eigenvalue weighted by atomic mass is 10.1. The van der Waals surface area contributed by atoms with Crippen molar-refractivity contribution in [3.05, 3.63) is 70.5 Å². The highest BCUT2D eigenvalue weighted by Crippen LogP contribution is 2.23. The highest BCUT2D eigenvalue weighted by molar-refractivity contribution is 5.77. The number of benzene rings is 2. The molecule has 0 bridgehead atoms. The summed E-state index contributed by atoms with van der Waals surface area (Å²) >= 11 is 0.